The highest BCUT2D eigenvalue weighted by molar-refractivity contribution is 6.30. The van der Waals surface area contributed by atoms with Gasteiger partial charge in [-0.05, 0) is 30.3 Å². The molecular formula is C15H8ClF2NO. The number of carbonyl (C=O) groups is 1. The molecule has 0 unspecified atom stereocenters. The van der Waals surface area contributed by atoms with E-state index >= 15 is 0 Å². The number of hydrogen-bond donors (Lipinski definition) is 1. The summed E-state index contributed by atoms with van der Waals surface area (Å²) >= 11 is 5.42. The molecule has 100 valence electrons. The van der Waals surface area contributed by atoms with Gasteiger partial charge in [0.25, 0.3) is 5.91 Å². The topological polar surface area (TPSA) is 29.1 Å². The van der Waals surface area contributed by atoms with E-state index in [1.54, 1.807) is 24.3 Å². The second-order valence-electron chi connectivity index (χ2n) is 3.93. The molecule has 20 heavy (non-hydrogen) atoms. The number of amides is 1. The summed E-state index contributed by atoms with van der Waals surface area (Å²) in [5, 5.41) is 2.06. The van der Waals surface area contributed by atoms with E-state index in [4.69, 9.17) is 18.0 Å². The summed E-state index contributed by atoms with van der Waals surface area (Å²) in [4.78, 5) is 11.9. The van der Waals surface area contributed by atoms with Crippen molar-refractivity contribution in [3.63, 3.8) is 0 Å². The van der Waals surface area contributed by atoms with Gasteiger partial charge in [-0.15, -0.1) is 6.42 Å². The van der Waals surface area contributed by atoms with Crippen LogP contribution in [0.15, 0.2) is 36.4 Å². The minimum absolute atomic E-state index is 0.381. The zero-order chi connectivity index (χ0) is 14.7. The largest absolute Gasteiger partial charge is 0.322 e. The Morgan fingerprint density at radius 1 is 1.20 bits per heavy atom. The average Bonchev–Trinajstić information content (AvgIpc) is 2.43. The highest BCUT2D eigenvalue weighted by Crippen LogP contribution is 2.20. The van der Waals surface area contributed by atoms with Gasteiger partial charge < -0.3 is 5.32 Å². The molecule has 0 atom stereocenters. The Kier molecular flexibility index (Phi) is 4.02. The van der Waals surface area contributed by atoms with Crippen molar-refractivity contribution in [1.29, 1.82) is 0 Å². The predicted molar refractivity (Wildman–Crippen MR) is 73.7 cm³/mol. The van der Waals surface area contributed by atoms with Gasteiger partial charge in [0, 0.05) is 11.3 Å². The van der Waals surface area contributed by atoms with Gasteiger partial charge in [0.2, 0.25) is 0 Å². The second-order valence-corrected chi connectivity index (χ2v) is 4.33. The van der Waals surface area contributed by atoms with Gasteiger partial charge in [-0.25, -0.2) is 8.78 Å². The first-order valence-electron chi connectivity index (χ1n) is 5.54. The lowest BCUT2D eigenvalue weighted by Gasteiger charge is -2.07. The fraction of sp³-hybridized carbons (Fsp3) is 0. The number of nitrogens with one attached hydrogen (secondary N) is 1. The fourth-order valence-corrected chi connectivity index (χ4v) is 1.73. The Bertz CT molecular complexity index is 722. The summed E-state index contributed by atoms with van der Waals surface area (Å²) in [6, 6.07) is 7.95. The maximum Gasteiger partial charge on any atom is 0.258 e. The van der Waals surface area contributed by atoms with Gasteiger partial charge in [-0.3, -0.25) is 4.79 Å². The molecule has 2 aromatic carbocycles. The quantitative estimate of drug-likeness (QED) is 0.661. The number of rotatable bonds is 2. The molecule has 1 amide bonds. The molecule has 2 rings (SSSR count). The molecular weight excluding hydrogens is 284 g/mol. The molecule has 0 spiro atoms. The molecule has 0 heterocycles. The molecule has 0 saturated carbocycles. The van der Waals surface area contributed by atoms with Crippen molar-refractivity contribution in [2.45, 2.75) is 0 Å². The summed E-state index contributed by atoms with van der Waals surface area (Å²) in [7, 11) is 0. The van der Waals surface area contributed by atoms with Crippen molar-refractivity contribution < 1.29 is 13.6 Å². The van der Waals surface area contributed by atoms with Crippen LogP contribution in [0, 0.1) is 24.0 Å². The van der Waals surface area contributed by atoms with Gasteiger partial charge in [-0.2, -0.15) is 0 Å². The van der Waals surface area contributed by atoms with Gasteiger partial charge >= 0.3 is 0 Å². The van der Waals surface area contributed by atoms with Crippen LogP contribution in [-0.4, -0.2) is 5.91 Å². The van der Waals surface area contributed by atoms with Crippen molar-refractivity contribution in [3.8, 4) is 12.3 Å². The highest BCUT2D eigenvalue weighted by atomic mass is 35.5. The smallest absolute Gasteiger partial charge is 0.258 e. The maximum absolute atomic E-state index is 13.6. The van der Waals surface area contributed by atoms with Crippen molar-refractivity contribution in [3.05, 3.63) is 64.2 Å². The van der Waals surface area contributed by atoms with Crippen LogP contribution in [0.5, 0.6) is 0 Å². The molecule has 0 bridgehead atoms. The first kappa shape index (κ1) is 14.0. The van der Waals surface area contributed by atoms with Gasteiger partial charge in [0.1, 0.15) is 11.6 Å². The molecule has 0 saturated heterocycles. The lowest BCUT2D eigenvalue weighted by atomic mass is 10.1. The fourth-order valence-electron chi connectivity index (χ4n) is 1.58. The lowest BCUT2D eigenvalue weighted by molar-refractivity contribution is 0.102. The number of benzene rings is 2. The third-order valence-corrected chi connectivity index (χ3v) is 2.83. The maximum atomic E-state index is 13.6. The summed E-state index contributed by atoms with van der Waals surface area (Å²) in [6.07, 6.45) is 5.23. The van der Waals surface area contributed by atoms with Crippen molar-refractivity contribution >= 4 is 23.2 Å². The van der Waals surface area contributed by atoms with Gasteiger partial charge in [0.05, 0.1) is 10.6 Å². The van der Waals surface area contributed by atoms with E-state index in [0.29, 0.717) is 11.3 Å². The van der Waals surface area contributed by atoms with Crippen LogP contribution >= 0.6 is 11.6 Å². The van der Waals surface area contributed by atoms with Crippen molar-refractivity contribution in [2.24, 2.45) is 0 Å². The highest BCUT2D eigenvalue weighted by Gasteiger charge is 2.15. The van der Waals surface area contributed by atoms with E-state index in [0.717, 1.165) is 12.1 Å². The molecule has 0 aromatic heterocycles. The molecule has 0 aliphatic rings. The summed E-state index contributed by atoms with van der Waals surface area (Å²) in [6.45, 7) is 0. The SMILES string of the molecule is C#Cc1cccc(NC(=O)c2cc(F)c(Cl)cc2F)c1. The number of halogens is 3. The summed E-state index contributed by atoms with van der Waals surface area (Å²) in [5.74, 6) is -0.146. The Balaban J connectivity index is 2.28. The zero-order valence-electron chi connectivity index (χ0n) is 10.1. The standard InChI is InChI=1S/C15H8ClF2NO/c1-2-9-4-3-5-10(6-9)19-15(20)11-7-14(18)12(16)8-13(11)17/h1,3-8H,(H,19,20). The minimum Gasteiger partial charge on any atom is -0.322 e. The van der Waals surface area contributed by atoms with E-state index in [1.807, 2.05) is 0 Å². The third-order valence-electron chi connectivity index (χ3n) is 2.54. The van der Waals surface area contributed by atoms with E-state index in [1.165, 1.54) is 0 Å². The minimum atomic E-state index is -0.901. The second kappa shape index (κ2) is 5.72. The molecule has 2 nitrogen and oxygen atoms in total. The number of hydrogen-bond acceptors (Lipinski definition) is 1. The number of carbonyl (C=O) groups excluding carboxylic acids is 1. The van der Waals surface area contributed by atoms with E-state index in [2.05, 4.69) is 11.2 Å². The predicted octanol–water partition coefficient (Wildman–Crippen LogP) is 3.85. The van der Waals surface area contributed by atoms with Crippen molar-refractivity contribution in [1.82, 2.24) is 0 Å². The first-order chi connectivity index (χ1) is 9.51. The summed E-state index contributed by atoms with van der Waals surface area (Å²) in [5.41, 5.74) is 0.517. The van der Waals surface area contributed by atoms with E-state index in [9.17, 15) is 13.6 Å². The van der Waals surface area contributed by atoms with Crippen LogP contribution in [0.4, 0.5) is 14.5 Å². The summed E-state index contributed by atoms with van der Waals surface area (Å²) < 4.78 is 26.9. The molecule has 1 N–H and O–H groups in total. The molecule has 0 radical (unpaired) electrons. The zero-order valence-corrected chi connectivity index (χ0v) is 10.8. The van der Waals surface area contributed by atoms with Crippen molar-refractivity contribution in [2.75, 3.05) is 5.32 Å². The van der Waals surface area contributed by atoms with E-state index in [-0.39, 0.29) is 5.02 Å². The molecule has 0 fully saturated rings. The van der Waals surface area contributed by atoms with E-state index < -0.39 is 23.1 Å². The normalized spacial score (nSPS) is 9.90. The van der Waals surface area contributed by atoms with Crippen LogP contribution in [0.2, 0.25) is 5.02 Å². The first-order valence-corrected chi connectivity index (χ1v) is 5.91. The van der Waals surface area contributed by atoms with Crippen LogP contribution < -0.4 is 5.32 Å². The third kappa shape index (κ3) is 2.95. The number of anilines is 1. The molecule has 0 aliphatic carbocycles. The van der Waals surface area contributed by atoms with Gasteiger partial charge in [0.15, 0.2) is 0 Å². The average molecular weight is 292 g/mol. The van der Waals surface area contributed by atoms with Gasteiger partial charge in [-0.1, -0.05) is 23.6 Å². The van der Waals surface area contributed by atoms with Crippen LogP contribution in [-0.2, 0) is 0 Å². The van der Waals surface area contributed by atoms with Crippen LogP contribution in [0.3, 0.4) is 0 Å². The van der Waals surface area contributed by atoms with Crippen LogP contribution in [0.1, 0.15) is 15.9 Å². The lowest BCUT2D eigenvalue weighted by Crippen LogP contribution is -2.14. The molecule has 5 heteroatoms. The Labute approximate surface area is 119 Å². The number of terminal acetylenes is 1. The molecule has 0 aliphatic heterocycles. The Hall–Kier alpha value is -2.38. The van der Waals surface area contributed by atoms with Crippen LogP contribution in [0.25, 0.3) is 0 Å². The molecule has 2 aromatic rings. The Morgan fingerprint density at radius 2 is 1.95 bits per heavy atom. The monoisotopic (exact) mass is 291 g/mol. The Morgan fingerprint density at radius 3 is 2.65 bits per heavy atom.